The molecule has 1 aromatic heterocycles. The fourth-order valence-electron chi connectivity index (χ4n) is 7.07. The second-order valence-electron chi connectivity index (χ2n) is 13.4. The second kappa shape index (κ2) is 17.7. The number of carbonyl (C=O) groups is 3. The average molecular weight is 740 g/mol. The van der Waals surface area contributed by atoms with Crippen molar-refractivity contribution in [1.82, 2.24) is 24.8 Å². The lowest BCUT2D eigenvalue weighted by molar-refractivity contribution is -0.179. The highest BCUT2D eigenvalue weighted by atomic mass is 19.4. The molecule has 4 aromatic rings. The van der Waals surface area contributed by atoms with Crippen molar-refractivity contribution in [3.63, 3.8) is 0 Å². The second-order valence-corrected chi connectivity index (χ2v) is 13.4. The normalized spacial score (nSPS) is 17.2. The number of ether oxygens (including phenoxy) is 1. The van der Waals surface area contributed by atoms with Gasteiger partial charge in [-0.2, -0.15) is 13.2 Å². The molecule has 9 nitrogen and oxygen atoms in total. The van der Waals surface area contributed by atoms with Crippen molar-refractivity contribution in [1.29, 1.82) is 0 Å². The van der Waals surface area contributed by atoms with Crippen LogP contribution >= 0.6 is 0 Å². The molecule has 2 unspecified atom stereocenters. The number of halogens is 3. The topological polar surface area (TPSA) is 86.3 Å². The Balaban J connectivity index is 1.51. The van der Waals surface area contributed by atoms with Gasteiger partial charge in [-0.1, -0.05) is 97.1 Å². The Bertz CT molecular complexity index is 1870. The standard InChI is InChI=1S/C42H44F3N5O4/c1-31(34-15-7-3-8-16-34)50(48-24-12-11-19-38(48)51)41(53)36(29-32-13-5-2-6-14-32)49(39(52)23-21-33-20-22-37(46-30-33)42(43,44)45)40(35-17-9-4-10-18-35)47-25-27-54-28-26-47/h2-10,13-18,20-23,30-31,36,40H,11-12,19,24-29H2,1H3/b23-21+/t31?,36?,40-/m0/s1. The summed E-state index contributed by atoms with van der Waals surface area (Å²) in [7, 11) is 0. The van der Waals surface area contributed by atoms with Gasteiger partial charge < -0.3 is 9.64 Å². The van der Waals surface area contributed by atoms with E-state index in [0.717, 1.165) is 29.0 Å². The van der Waals surface area contributed by atoms with E-state index in [1.807, 2.05) is 97.9 Å². The van der Waals surface area contributed by atoms with Crippen LogP contribution in [0.1, 0.15) is 66.3 Å². The highest BCUT2D eigenvalue weighted by molar-refractivity contribution is 5.96. The Labute approximate surface area is 313 Å². The zero-order valence-corrected chi connectivity index (χ0v) is 30.1. The number of carbonyl (C=O) groups excluding carboxylic acids is 3. The van der Waals surface area contributed by atoms with Crippen LogP contribution in [0.25, 0.3) is 6.08 Å². The van der Waals surface area contributed by atoms with E-state index in [0.29, 0.717) is 52.1 Å². The SMILES string of the molecule is CC(c1ccccc1)N(C(=O)C(Cc1ccccc1)N(C(=O)/C=C/c1ccc(C(F)(F)F)nc1)[C@@H](c1ccccc1)N1CCOCC1)N1CCCCC1=O. The Morgan fingerprint density at radius 1 is 0.852 bits per heavy atom. The molecule has 3 amide bonds. The highest BCUT2D eigenvalue weighted by Crippen LogP contribution is 2.34. The molecule has 2 saturated heterocycles. The van der Waals surface area contributed by atoms with Crippen molar-refractivity contribution in [3.05, 3.63) is 143 Å². The van der Waals surface area contributed by atoms with Gasteiger partial charge in [0.05, 0.1) is 19.3 Å². The van der Waals surface area contributed by atoms with E-state index in [-0.39, 0.29) is 17.9 Å². The fraction of sp³-hybridized carbons (Fsp3) is 0.333. The highest BCUT2D eigenvalue weighted by Gasteiger charge is 2.44. The van der Waals surface area contributed by atoms with Crippen LogP contribution in [0.4, 0.5) is 13.2 Å². The molecule has 0 saturated carbocycles. The number of alkyl halides is 3. The van der Waals surface area contributed by atoms with Crippen molar-refractivity contribution < 1.29 is 32.3 Å². The lowest BCUT2D eigenvalue weighted by atomic mass is 9.98. The van der Waals surface area contributed by atoms with Crippen LogP contribution in [0.5, 0.6) is 0 Å². The summed E-state index contributed by atoms with van der Waals surface area (Å²) in [5.41, 5.74) is 1.62. The first-order valence-electron chi connectivity index (χ1n) is 18.2. The molecule has 2 aliphatic heterocycles. The number of amides is 3. The molecule has 2 fully saturated rings. The molecule has 12 heteroatoms. The van der Waals surface area contributed by atoms with Crippen molar-refractivity contribution in [3.8, 4) is 0 Å². The molecule has 282 valence electrons. The Kier molecular flexibility index (Phi) is 12.6. The van der Waals surface area contributed by atoms with Crippen LogP contribution in [-0.4, -0.2) is 81.4 Å². The van der Waals surface area contributed by atoms with Crippen molar-refractivity contribution in [2.24, 2.45) is 0 Å². The third-order valence-electron chi connectivity index (χ3n) is 9.83. The van der Waals surface area contributed by atoms with Crippen molar-refractivity contribution in [2.45, 2.75) is 57.0 Å². The number of hydrogen-bond donors (Lipinski definition) is 0. The monoisotopic (exact) mass is 739 g/mol. The smallest absolute Gasteiger partial charge is 0.379 e. The predicted octanol–water partition coefficient (Wildman–Crippen LogP) is 7.10. The number of piperidine rings is 1. The zero-order chi connectivity index (χ0) is 38.1. The number of hydrazine groups is 1. The van der Waals surface area contributed by atoms with Crippen LogP contribution in [0, 0.1) is 0 Å². The average Bonchev–Trinajstić information content (AvgIpc) is 3.20. The summed E-state index contributed by atoms with van der Waals surface area (Å²) in [5.74, 6) is -1.14. The van der Waals surface area contributed by atoms with Gasteiger partial charge in [0.1, 0.15) is 17.9 Å². The minimum Gasteiger partial charge on any atom is -0.379 e. The molecule has 0 bridgehead atoms. The number of benzene rings is 3. The maximum absolute atomic E-state index is 15.6. The summed E-state index contributed by atoms with van der Waals surface area (Å²) in [6.45, 7) is 3.99. The summed E-state index contributed by atoms with van der Waals surface area (Å²) in [5, 5.41) is 3.08. The quantitative estimate of drug-likeness (QED) is 0.144. The molecule has 3 heterocycles. The van der Waals surface area contributed by atoms with Gasteiger partial charge in [0.25, 0.3) is 5.91 Å². The first-order valence-corrected chi connectivity index (χ1v) is 18.2. The van der Waals surface area contributed by atoms with Gasteiger partial charge in [-0.05, 0) is 54.2 Å². The van der Waals surface area contributed by atoms with Gasteiger partial charge in [0.2, 0.25) is 11.8 Å². The summed E-state index contributed by atoms with van der Waals surface area (Å²) in [4.78, 5) is 51.5. The molecule has 3 aromatic carbocycles. The van der Waals surface area contributed by atoms with E-state index in [1.54, 1.807) is 9.91 Å². The van der Waals surface area contributed by atoms with E-state index < -0.39 is 41.9 Å². The molecule has 0 spiro atoms. The van der Waals surface area contributed by atoms with Crippen molar-refractivity contribution >= 4 is 23.8 Å². The van der Waals surface area contributed by atoms with Crippen LogP contribution in [0.3, 0.4) is 0 Å². The lowest BCUT2D eigenvalue weighted by Gasteiger charge is -2.47. The molecule has 0 aliphatic carbocycles. The maximum atomic E-state index is 15.6. The van der Waals surface area contributed by atoms with Gasteiger partial charge in [-0.25, -0.2) is 5.01 Å². The van der Waals surface area contributed by atoms with Gasteiger partial charge in [-0.3, -0.25) is 29.3 Å². The summed E-state index contributed by atoms with van der Waals surface area (Å²) in [6, 6.07) is 28.7. The largest absolute Gasteiger partial charge is 0.433 e. The van der Waals surface area contributed by atoms with E-state index >= 15 is 4.79 Å². The first-order chi connectivity index (χ1) is 26.1. The van der Waals surface area contributed by atoms with Gasteiger partial charge in [0.15, 0.2) is 0 Å². The Morgan fingerprint density at radius 2 is 1.48 bits per heavy atom. The fourth-order valence-corrected chi connectivity index (χ4v) is 7.07. The molecular formula is C42H44F3N5O4. The maximum Gasteiger partial charge on any atom is 0.433 e. The number of aromatic nitrogens is 1. The molecule has 3 atom stereocenters. The summed E-state index contributed by atoms with van der Waals surface area (Å²) in [6.07, 6.45) is 0.233. The summed E-state index contributed by atoms with van der Waals surface area (Å²) < 4.78 is 45.6. The molecule has 0 radical (unpaired) electrons. The minimum absolute atomic E-state index is 0.120. The van der Waals surface area contributed by atoms with E-state index in [2.05, 4.69) is 9.88 Å². The van der Waals surface area contributed by atoms with Crippen LogP contribution in [0.15, 0.2) is 115 Å². The van der Waals surface area contributed by atoms with E-state index in [1.165, 1.54) is 23.2 Å². The number of nitrogens with zero attached hydrogens (tertiary/aromatic N) is 5. The van der Waals surface area contributed by atoms with Gasteiger partial charge >= 0.3 is 6.18 Å². The lowest BCUT2D eigenvalue weighted by Crippen LogP contribution is -2.61. The number of hydrogen-bond acceptors (Lipinski definition) is 6. The number of rotatable bonds is 12. The van der Waals surface area contributed by atoms with E-state index in [4.69, 9.17) is 4.74 Å². The molecule has 2 aliphatic rings. The first kappa shape index (κ1) is 38.4. The number of pyridine rings is 1. The zero-order valence-electron chi connectivity index (χ0n) is 30.1. The predicted molar refractivity (Wildman–Crippen MR) is 198 cm³/mol. The Hall–Kier alpha value is -5.33. The van der Waals surface area contributed by atoms with Gasteiger partial charge in [-0.15, -0.1) is 0 Å². The molecule has 6 rings (SSSR count). The van der Waals surface area contributed by atoms with Crippen LogP contribution < -0.4 is 0 Å². The van der Waals surface area contributed by atoms with Crippen molar-refractivity contribution in [2.75, 3.05) is 32.8 Å². The molecule has 0 N–H and O–H groups in total. The molecular weight excluding hydrogens is 695 g/mol. The van der Waals surface area contributed by atoms with Gasteiger partial charge in [0, 0.05) is 44.7 Å². The molecule has 54 heavy (non-hydrogen) atoms. The van der Waals surface area contributed by atoms with E-state index in [9.17, 15) is 22.8 Å². The summed E-state index contributed by atoms with van der Waals surface area (Å²) >= 11 is 0. The Morgan fingerprint density at radius 3 is 2.07 bits per heavy atom. The minimum atomic E-state index is -4.61. The third-order valence-corrected chi connectivity index (χ3v) is 9.83. The van der Waals surface area contributed by atoms with Crippen LogP contribution in [-0.2, 0) is 31.7 Å². The van der Waals surface area contributed by atoms with Crippen LogP contribution in [0.2, 0.25) is 0 Å². The number of morpholine rings is 1. The third kappa shape index (κ3) is 9.23.